The van der Waals surface area contributed by atoms with Gasteiger partial charge in [0.1, 0.15) is 5.82 Å². The molecule has 2 aromatic rings. The number of ether oxygens (including phenoxy) is 1. The molecule has 10 nitrogen and oxygen atoms in total. The molecule has 1 aliphatic heterocycles. The maximum absolute atomic E-state index is 12.7. The Balaban J connectivity index is 1.96. The van der Waals surface area contributed by atoms with Crippen LogP contribution in [0.1, 0.15) is 0 Å². The first-order valence-corrected chi connectivity index (χ1v) is 8.45. The Hall–Kier alpha value is -3.38. The standard InChI is InChI=1S/C16H17F3N6O4/c1-22-9-10(8-20-22)11-7-12(25(27)28)14(29-2)21-13(11)23-3-5-24(6-4-23)15(26)16(17,18)19/h7-9H,3-6H2,1-2H3. The van der Waals surface area contributed by atoms with E-state index in [0.29, 0.717) is 16.9 Å². The molecule has 0 saturated carbocycles. The Morgan fingerprint density at radius 2 is 1.93 bits per heavy atom. The number of hydrogen-bond acceptors (Lipinski definition) is 7. The summed E-state index contributed by atoms with van der Waals surface area (Å²) in [5.41, 5.74) is 0.594. The van der Waals surface area contributed by atoms with Gasteiger partial charge < -0.3 is 14.5 Å². The molecular weight excluding hydrogens is 397 g/mol. The lowest BCUT2D eigenvalue weighted by Crippen LogP contribution is -2.52. The number of nitro groups is 1. The number of nitrogens with zero attached hydrogens (tertiary/aromatic N) is 6. The van der Waals surface area contributed by atoms with Gasteiger partial charge in [-0.2, -0.15) is 23.3 Å². The van der Waals surface area contributed by atoms with E-state index in [1.807, 2.05) is 0 Å². The van der Waals surface area contributed by atoms with Crippen LogP contribution in [0.4, 0.5) is 24.7 Å². The van der Waals surface area contributed by atoms with Crippen LogP contribution in [0, 0.1) is 10.1 Å². The first-order valence-electron chi connectivity index (χ1n) is 8.45. The van der Waals surface area contributed by atoms with Gasteiger partial charge >= 0.3 is 17.8 Å². The van der Waals surface area contributed by atoms with E-state index in [9.17, 15) is 28.1 Å². The first kappa shape index (κ1) is 20.4. The van der Waals surface area contributed by atoms with Crippen LogP contribution in [-0.2, 0) is 11.8 Å². The molecule has 13 heteroatoms. The number of carbonyl (C=O) groups excluding carboxylic acids is 1. The molecule has 0 radical (unpaired) electrons. The molecule has 0 aromatic carbocycles. The maximum atomic E-state index is 12.7. The second-order valence-electron chi connectivity index (χ2n) is 6.32. The van der Waals surface area contributed by atoms with Crippen molar-refractivity contribution in [2.24, 2.45) is 7.05 Å². The molecular formula is C16H17F3N6O4. The highest BCUT2D eigenvalue weighted by Gasteiger charge is 2.43. The average Bonchev–Trinajstić information content (AvgIpc) is 3.11. The number of rotatable bonds is 4. The number of anilines is 1. The van der Waals surface area contributed by atoms with Gasteiger partial charge in [0.05, 0.1) is 18.2 Å². The number of hydrogen-bond donors (Lipinski definition) is 0. The second-order valence-corrected chi connectivity index (χ2v) is 6.32. The lowest BCUT2D eigenvalue weighted by molar-refractivity contribution is -0.386. The van der Waals surface area contributed by atoms with E-state index in [1.54, 1.807) is 18.1 Å². The largest absolute Gasteiger partial charge is 0.476 e. The first-order chi connectivity index (χ1) is 13.6. The van der Waals surface area contributed by atoms with Crippen LogP contribution in [0.2, 0.25) is 0 Å². The van der Waals surface area contributed by atoms with Gasteiger partial charge in [-0.1, -0.05) is 0 Å². The van der Waals surface area contributed by atoms with E-state index in [2.05, 4.69) is 10.1 Å². The number of halogens is 3. The van der Waals surface area contributed by atoms with Crippen LogP contribution in [0.5, 0.6) is 5.88 Å². The third-order valence-corrected chi connectivity index (χ3v) is 4.46. The molecule has 0 N–H and O–H groups in total. The SMILES string of the molecule is COc1nc(N2CCN(C(=O)C(F)(F)F)CC2)c(-c2cnn(C)c2)cc1[N+](=O)[O-]. The number of aryl methyl sites for hydroxylation is 1. The summed E-state index contributed by atoms with van der Waals surface area (Å²) in [5.74, 6) is -1.80. The van der Waals surface area contributed by atoms with Crippen LogP contribution in [0.3, 0.4) is 0 Å². The minimum Gasteiger partial charge on any atom is -0.476 e. The van der Waals surface area contributed by atoms with Crippen molar-refractivity contribution in [3.05, 3.63) is 28.6 Å². The van der Waals surface area contributed by atoms with E-state index < -0.39 is 17.0 Å². The molecule has 0 atom stereocenters. The van der Waals surface area contributed by atoms with Gasteiger partial charge in [-0.25, -0.2) is 0 Å². The van der Waals surface area contributed by atoms with Crippen LogP contribution in [0.25, 0.3) is 11.1 Å². The lowest BCUT2D eigenvalue weighted by Gasteiger charge is -2.36. The summed E-state index contributed by atoms with van der Waals surface area (Å²) in [5, 5.41) is 15.4. The van der Waals surface area contributed by atoms with Crippen molar-refractivity contribution < 1.29 is 27.6 Å². The Morgan fingerprint density at radius 1 is 1.28 bits per heavy atom. The summed E-state index contributed by atoms with van der Waals surface area (Å²) in [4.78, 5) is 28.8. The fourth-order valence-corrected chi connectivity index (χ4v) is 3.07. The minimum absolute atomic E-state index is 0.0725. The number of methoxy groups -OCH3 is 1. The quantitative estimate of drug-likeness (QED) is 0.553. The minimum atomic E-state index is -4.93. The number of aromatic nitrogens is 3. The van der Waals surface area contributed by atoms with Gasteiger partial charge in [0, 0.05) is 56.6 Å². The summed E-state index contributed by atoms with van der Waals surface area (Å²) < 4.78 is 44.5. The Morgan fingerprint density at radius 3 is 2.41 bits per heavy atom. The van der Waals surface area contributed by atoms with Crippen molar-refractivity contribution >= 4 is 17.4 Å². The van der Waals surface area contributed by atoms with Gasteiger partial charge in [-0.15, -0.1) is 0 Å². The van der Waals surface area contributed by atoms with Gasteiger partial charge in [-0.05, 0) is 0 Å². The highest BCUT2D eigenvalue weighted by Crippen LogP contribution is 2.37. The van der Waals surface area contributed by atoms with Gasteiger partial charge in [0.25, 0.3) is 5.88 Å². The summed E-state index contributed by atoms with van der Waals surface area (Å²) in [7, 11) is 2.92. The Kier molecular flexibility index (Phi) is 5.31. The average molecular weight is 414 g/mol. The number of alkyl halides is 3. The molecule has 1 fully saturated rings. The van der Waals surface area contributed by atoms with Crippen molar-refractivity contribution in [2.75, 3.05) is 38.2 Å². The summed E-state index contributed by atoms with van der Waals surface area (Å²) in [6, 6.07) is 1.30. The van der Waals surface area contributed by atoms with Gasteiger partial charge in [0.15, 0.2) is 0 Å². The number of piperazine rings is 1. The molecule has 3 rings (SSSR count). The van der Waals surface area contributed by atoms with Gasteiger partial charge in [-0.3, -0.25) is 19.6 Å². The van der Waals surface area contributed by atoms with Crippen LogP contribution in [0.15, 0.2) is 18.5 Å². The van der Waals surface area contributed by atoms with Crippen LogP contribution < -0.4 is 9.64 Å². The molecule has 1 aliphatic rings. The Labute approximate surface area is 162 Å². The molecule has 3 heterocycles. The van der Waals surface area contributed by atoms with E-state index in [-0.39, 0.29) is 37.7 Å². The van der Waals surface area contributed by atoms with Crippen LogP contribution in [-0.4, -0.2) is 70.0 Å². The molecule has 0 unspecified atom stereocenters. The smallest absolute Gasteiger partial charge is 0.471 e. The van der Waals surface area contributed by atoms with Crippen LogP contribution >= 0.6 is 0 Å². The second kappa shape index (κ2) is 7.56. The van der Waals surface area contributed by atoms with Crippen molar-refractivity contribution in [3.8, 4) is 17.0 Å². The Bertz CT molecular complexity index is 937. The normalized spacial score (nSPS) is 14.8. The predicted octanol–water partition coefficient (Wildman–Crippen LogP) is 1.61. The van der Waals surface area contributed by atoms with E-state index in [1.165, 1.54) is 24.1 Å². The molecule has 0 bridgehead atoms. The molecule has 29 heavy (non-hydrogen) atoms. The fourth-order valence-electron chi connectivity index (χ4n) is 3.07. The molecule has 0 aliphatic carbocycles. The van der Waals surface area contributed by atoms with Crippen molar-refractivity contribution in [3.63, 3.8) is 0 Å². The number of amides is 1. The predicted molar refractivity (Wildman–Crippen MR) is 94.5 cm³/mol. The number of carbonyl (C=O) groups is 1. The van der Waals surface area contributed by atoms with E-state index >= 15 is 0 Å². The molecule has 156 valence electrons. The van der Waals surface area contributed by atoms with Gasteiger partial charge in [0.2, 0.25) is 0 Å². The van der Waals surface area contributed by atoms with Crippen molar-refractivity contribution in [2.45, 2.75) is 6.18 Å². The third kappa shape index (κ3) is 4.07. The topological polar surface area (TPSA) is 107 Å². The molecule has 2 aromatic heterocycles. The van der Waals surface area contributed by atoms with E-state index in [0.717, 1.165) is 4.90 Å². The highest BCUT2D eigenvalue weighted by atomic mass is 19.4. The molecule has 1 saturated heterocycles. The maximum Gasteiger partial charge on any atom is 0.471 e. The van der Waals surface area contributed by atoms with Crippen molar-refractivity contribution in [1.82, 2.24) is 19.7 Å². The number of pyridine rings is 1. The van der Waals surface area contributed by atoms with E-state index in [4.69, 9.17) is 4.74 Å². The zero-order valence-corrected chi connectivity index (χ0v) is 15.5. The fraction of sp³-hybridized carbons (Fsp3) is 0.438. The summed E-state index contributed by atoms with van der Waals surface area (Å²) in [6.45, 7) is -0.177. The lowest BCUT2D eigenvalue weighted by atomic mass is 10.1. The summed E-state index contributed by atoms with van der Waals surface area (Å²) in [6.07, 6.45) is -1.79. The highest BCUT2D eigenvalue weighted by molar-refractivity contribution is 5.82. The molecule has 0 spiro atoms. The monoisotopic (exact) mass is 414 g/mol. The molecule has 1 amide bonds. The third-order valence-electron chi connectivity index (χ3n) is 4.46. The zero-order valence-electron chi connectivity index (χ0n) is 15.5. The van der Waals surface area contributed by atoms with Crippen molar-refractivity contribution in [1.29, 1.82) is 0 Å². The zero-order chi connectivity index (χ0) is 21.3. The summed E-state index contributed by atoms with van der Waals surface area (Å²) >= 11 is 0.